The van der Waals surface area contributed by atoms with Gasteiger partial charge in [-0.1, -0.05) is 48.0 Å². The number of hydrazone groups is 1. The SMILES string of the molecule is O=C(CN1CCN(Cc2ccccc2Cl)CC1)N/N=C\c1ccccc1C(F)(F)F. The summed E-state index contributed by atoms with van der Waals surface area (Å²) in [4.78, 5) is 16.3. The zero-order valence-electron chi connectivity index (χ0n) is 16.2. The molecule has 0 aromatic heterocycles. The molecule has 0 spiro atoms. The Balaban J connectivity index is 1.45. The number of halogens is 4. The molecule has 1 aliphatic heterocycles. The summed E-state index contributed by atoms with van der Waals surface area (Å²) in [5.74, 6) is -0.365. The first-order valence-corrected chi connectivity index (χ1v) is 9.87. The summed E-state index contributed by atoms with van der Waals surface area (Å²) < 4.78 is 38.9. The van der Waals surface area contributed by atoms with Crippen molar-refractivity contribution in [3.05, 3.63) is 70.2 Å². The maximum Gasteiger partial charge on any atom is 0.417 e. The van der Waals surface area contributed by atoms with Crippen molar-refractivity contribution < 1.29 is 18.0 Å². The highest BCUT2D eigenvalue weighted by Gasteiger charge is 2.32. The van der Waals surface area contributed by atoms with E-state index in [1.54, 1.807) is 0 Å². The first-order chi connectivity index (χ1) is 14.3. The molecule has 0 aliphatic carbocycles. The van der Waals surface area contributed by atoms with Gasteiger partial charge in [-0.25, -0.2) is 5.43 Å². The van der Waals surface area contributed by atoms with E-state index in [0.717, 1.165) is 42.5 Å². The van der Waals surface area contributed by atoms with Crippen LogP contribution in [0.4, 0.5) is 13.2 Å². The van der Waals surface area contributed by atoms with Crippen molar-refractivity contribution in [2.45, 2.75) is 12.7 Å². The number of nitrogens with one attached hydrogen (secondary N) is 1. The monoisotopic (exact) mass is 438 g/mol. The number of piperazine rings is 1. The Bertz CT molecular complexity index is 896. The average molecular weight is 439 g/mol. The molecule has 0 saturated carbocycles. The van der Waals surface area contributed by atoms with Crippen LogP contribution in [0, 0.1) is 0 Å². The minimum absolute atomic E-state index is 0.0986. The zero-order chi connectivity index (χ0) is 21.6. The van der Waals surface area contributed by atoms with Gasteiger partial charge in [0.2, 0.25) is 0 Å². The summed E-state index contributed by atoms with van der Waals surface area (Å²) in [6.45, 7) is 3.89. The Kier molecular flexibility index (Phi) is 7.47. The third-order valence-electron chi connectivity index (χ3n) is 4.84. The van der Waals surface area contributed by atoms with Crippen molar-refractivity contribution >= 4 is 23.7 Å². The number of carbonyl (C=O) groups is 1. The third kappa shape index (κ3) is 6.29. The van der Waals surface area contributed by atoms with Crippen molar-refractivity contribution in [2.75, 3.05) is 32.7 Å². The number of benzene rings is 2. The summed E-state index contributed by atoms with van der Waals surface area (Å²) in [6, 6.07) is 12.8. The van der Waals surface area contributed by atoms with Crippen LogP contribution in [0.15, 0.2) is 53.6 Å². The van der Waals surface area contributed by atoms with E-state index in [-0.39, 0.29) is 18.0 Å². The van der Waals surface area contributed by atoms with Gasteiger partial charge in [0.1, 0.15) is 0 Å². The van der Waals surface area contributed by atoms with Crippen LogP contribution in [0.5, 0.6) is 0 Å². The topological polar surface area (TPSA) is 47.9 Å². The van der Waals surface area contributed by atoms with Gasteiger partial charge in [-0.3, -0.25) is 14.6 Å². The minimum Gasteiger partial charge on any atom is -0.296 e. The number of hydrogen-bond donors (Lipinski definition) is 1. The molecular weight excluding hydrogens is 417 g/mol. The number of nitrogens with zero attached hydrogens (tertiary/aromatic N) is 3. The molecule has 1 N–H and O–H groups in total. The predicted octanol–water partition coefficient (Wildman–Crippen LogP) is 3.63. The molecule has 1 heterocycles. The third-order valence-corrected chi connectivity index (χ3v) is 5.21. The fourth-order valence-corrected chi connectivity index (χ4v) is 3.45. The first kappa shape index (κ1) is 22.3. The van der Waals surface area contributed by atoms with E-state index in [9.17, 15) is 18.0 Å². The van der Waals surface area contributed by atoms with Crippen LogP contribution in [-0.4, -0.2) is 54.6 Å². The van der Waals surface area contributed by atoms with Crippen molar-refractivity contribution in [3.63, 3.8) is 0 Å². The summed E-state index contributed by atoms with van der Waals surface area (Å²) in [5, 5.41) is 4.43. The molecule has 2 aromatic rings. The molecule has 30 heavy (non-hydrogen) atoms. The highest BCUT2D eigenvalue weighted by molar-refractivity contribution is 6.31. The summed E-state index contributed by atoms with van der Waals surface area (Å²) in [7, 11) is 0. The lowest BCUT2D eigenvalue weighted by molar-refractivity contribution is -0.137. The second-order valence-electron chi connectivity index (χ2n) is 7.02. The van der Waals surface area contributed by atoms with Gasteiger partial charge in [-0.2, -0.15) is 18.3 Å². The van der Waals surface area contributed by atoms with Crippen molar-refractivity contribution in [1.29, 1.82) is 0 Å². The Morgan fingerprint density at radius 3 is 2.37 bits per heavy atom. The Labute approximate surface area is 178 Å². The minimum atomic E-state index is -4.48. The molecule has 1 aliphatic rings. The molecule has 0 unspecified atom stereocenters. The lowest BCUT2D eigenvalue weighted by atomic mass is 10.1. The molecule has 3 rings (SSSR count). The van der Waals surface area contributed by atoms with E-state index in [4.69, 9.17) is 11.6 Å². The fraction of sp³-hybridized carbons (Fsp3) is 0.333. The lowest BCUT2D eigenvalue weighted by Crippen LogP contribution is -2.48. The highest BCUT2D eigenvalue weighted by atomic mass is 35.5. The van der Waals surface area contributed by atoms with Gasteiger partial charge in [-0.05, 0) is 17.7 Å². The molecule has 1 saturated heterocycles. The van der Waals surface area contributed by atoms with E-state index in [1.165, 1.54) is 18.2 Å². The summed E-state index contributed by atoms with van der Waals surface area (Å²) in [5.41, 5.74) is 2.48. The molecule has 160 valence electrons. The summed E-state index contributed by atoms with van der Waals surface area (Å²) in [6.07, 6.45) is -3.46. The van der Waals surface area contributed by atoms with E-state index >= 15 is 0 Å². The second-order valence-corrected chi connectivity index (χ2v) is 7.43. The van der Waals surface area contributed by atoms with E-state index in [1.807, 2.05) is 29.2 Å². The largest absolute Gasteiger partial charge is 0.417 e. The van der Waals surface area contributed by atoms with E-state index in [0.29, 0.717) is 13.1 Å². The fourth-order valence-electron chi connectivity index (χ4n) is 3.25. The van der Waals surface area contributed by atoms with Gasteiger partial charge in [0.15, 0.2) is 0 Å². The number of amides is 1. The van der Waals surface area contributed by atoms with Gasteiger partial charge in [0.25, 0.3) is 5.91 Å². The molecule has 1 fully saturated rings. The molecular formula is C21H22ClF3N4O. The van der Waals surface area contributed by atoms with Gasteiger partial charge in [0.05, 0.1) is 18.3 Å². The van der Waals surface area contributed by atoms with E-state index < -0.39 is 11.7 Å². The number of alkyl halides is 3. The van der Waals surface area contributed by atoms with Crippen molar-refractivity contribution in [2.24, 2.45) is 5.10 Å². The van der Waals surface area contributed by atoms with Crippen LogP contribution in [0.25, 0.3) is 0 Å². The molecule has 0 radical (unpaired) electrons. The van der Waals surface area contributed by atoms with E-state index in [2.05, 4.69) is 15.4 Å². The van der Waals surface area contributed by atoms with Crippen LogP contribution >= 0.6 is 11.6 Å². The Morgan fingerprint density at radius 2 is 1.67 bits per heavy atom. The molecule has 5 nitrogen and oxygen atoms in total. The highest BCUT2D eigenvalue weighted by Crippen LogP contribution is 2.31. The second kappa shape index (κ2) is 10.1. The van der Waals surface area contributed by atoms with Crippen molar-refractivity contribution in [1.82, 2.24) is 15.2 Å². The number of carbonyl (C=O) groups excluding carboxylic acids is 1. The van der Waals surface area contributed by atoms with Crippen LogP contribution in [0.3, 0.4) is 0 Å². The van der Waals surface area contributed by atoms with Gasteiger partial charge >= 0.3 is 6.18 Å². The molecule has 0 bridgehead atoms. The lowest BCUT2D eigenvalue weighted by Gasteiger charge is -2.34. The normalized spacial score (nSPS) is 16.1. The van der Waals surface area contributed by atoms with Crippen LogP contribution in [0.1, 0.15) is 16.7 Å². The molecule has 1 amide bonds. The Morgan fingerprint density at radius 1 is 1.03 bits per heavy atom. The maximum atomic E-state index is 13.0. The average Bonchev–Trinajstić information content (AvgIpc) is 2.71. The standard InChI is InChI=1S/C21H22ClF3N4O/c22-19-8-4-2-6-17(19)14-28-9-11-29(12-10-28)15-20(30)27-26-13-16-5-1-3-7-18(16)21(23,24)25/h1-8,13H,9-12,14-15H2,(H,27,30)/b26-13-. The van der Waals surface area contributed by atoms with Crippen molar-refractivity contribution in [3.8, 4) is 0 Å². The molecule has 2 aromatic carbocycles. The first-order valence-electron chi connectivity index (χ1n) is 9.49. The van der Waals surface area contributed by atoms with Gasteiger partial charge < -0.3 is 0 Å². The predicted molar refractivity (Wildman–Crippen MR) is 110 cm³/mol. The Hall–Kier alpha value is -2.42. The van der Waals surface area contributed by atoms with Crippen LogP contribution in [-0.2, 0) is 17.5 Å². The maximum absolute atomic E-state index is 13.0. The quantitative estimate of drug-likeness (QED) is 0.553. The zero-order valence-corrected chi connectivity index (χ0v) is 17.0. The van der Waals surface area contributed by atoms with Gasteiger partial charge in [0, 0.05) is 43.3 Å². The smallest absolute Gasteiger partial charge is 0.296 e. The van der Waals surface area contributed by atoms with Crippen LogP contribution in [0.2, 0.25) is 5.02 Å². The number of rotatable bonds is 6. The summed E-state index contributed by atoms with van der Waals surface area (Å²) >= 11 is 6.20. The van der Waals surface area contributed by atoms with Gasteiger partial charge in [-0.15, -0.1) is 0 Å². The molecule has 0 atom stereocenters. The van der Waals surface area contributed by atoms with Crippen LogP contribution < -0.4 is 5.43 Å². The number of hydrogen-bond acceptors (Lipinski definition) is 4. The molecule has 9 heteroatoms.